The van der Waals surface area contributed by atoms with E-state index >= 15 is 0 Å². The van der Waals surface area contributed by atoms with Gasteiger partial charge in [-0.15, -0.1) is 0 Å². The molecule has 0 saturated carbocycles. The van der Waals surface area contributed by atoms with E-state index < -0.39 is 12.1 Å². The first-order valence-electron chi connectivity index (χ1n) is 9.15. The number of amides is 1. The number of hydrogen-bond acceptors (Lipinski definition) is 3. The maximum absolute atomic E-state index is 13.0. The number of carbonyl (C=O) groups is 2. The number of carbonyl (C=O) groups excluding carboxylic acids is 2. The van der Waals surface area contributed by atoms with Gasteiger partial charge in [0.2, 0.25) is 6.10 Å². The van der Waals surface area contributed by atoms with E-state index in [4.69, 9.17) is 4.74 Å². The maximum atomic E-state index is 13.0. The van der Waals surface area contributed by atoms with Gasteiger partial charge in [0.25, 0.3) is 5.91 Å². The first kappa shape index (κ1) is 19.4. The van der Waals surface area contributed by atoms with Crippen LogP contribution in [0.2, 0.25) is 0 Å². The minimum Gasteiger partial charge on any atom is -0.444 e. The van der Waals surface area contributed by atoms with Gasteiger partial charge in [-0.2, -0.15) is 0 Å². The molecule has 0 heterocycles. The molecule has 0 bridgehead atoms. The van der Waals surface area contributed by atoms with Crippen LogP contribution in [0.1, 0.15) is 33.2 Å². The lowest BCUT2D eigenvalue weighted by Gasteiger charge is -2.21. The number of ether oxygens (including phenoxy) is 1. The molecule has 142 valence electrons. The van der Waals surface area contributed by atoms with Crippen molar-refractivity contribution in [1.29, 1.82) is 0 Å². The lowest BCUT2D eigenvalue weighted by Crippen LogP contribution is -2.31. The van der Waals surface area contributed by atoms with Crippen LogP contribution in [0.4, 0.5) is 0 Å². The Kier molecular flexibility index (Phi) is 6.22. The number of benzene rings is 3. The Morgan fingerprint density at radius 2 is 1.39 bits per heavy atom. The Bertz CT molecular complexity index is 936. The summed E-state index contributed by atoms with van der Waals surface area (Å²) >= 11 is 0. The summed E-state index contributed by atoms with van der Waals surface area (Å²) in [4.78, 5) is 27.0. The Labute approximate surface area is 165 Å². The van der Waals surface area contributed by atoms with Gasteiger partial charge in [0.1, 0.15) is 0 Å². The average Bonchev–Trinajstić information content (AvgIpc) is 2.73. The highest BCUT2D eigenvalue weighted by Crippen LogP contribution is 2.23. The van der Waals surface area contributed by atoms with Gasteiger partial charge in [-0.1, -0.05) is 78.9 Å². The molecule has 0 aromatic heterocycles. The maximum Gasteiger partial charge on any atom is 0.339 e. The zero-order valence-corrected chi connectivity index (χ0v) is 16.0. The van der Waals surface area contributed by atoms with Crippen LogP contribution in [0.3, 0.4) is 0 Å². The molecule has 0 saturated heterocycles. The largest absolute Gasteiger partial charge is 0.444 e. The fourth-order valence-corrected chi connectivity index (χ4v) is 2.98. The first-order chi connectivity index (χ1) is 13.6. The van der Waals surface area contributed by atoms with Crippen molar-refractivity contribution in [3.05, 3.63) is 107 Å². The fourth-order valence-electron chi connectivity index (χ4n) is 2.98. The molecule has 4 heteroatoms. The molecule has 3 aromatic carbocycles. The van der Waals surface area contributed by atoms with Crippen molar-refractivity contribution in [2.75, 3.05) is 14.1 Å². The molecule has 4 nitrogen and oxygen atoms in total. The summed E-state index contributed by atoms with van der Waals surface area (Å²) in [6.45, 7) is 0. The van der Waals surface area contributed by atoms with Crippen LogP contribution in [-0.2, 0) is 16.0 Å². The van der Waals surface area contributed by atoms with Crippen molar-refractivity contribution >= 4 is 11.9 Å². The average molecular weight is 373 g/mol. The normalized spacial score (nSPS) is 11.5. The number of rotatable bonds is 6. The van der Waals surface area contributed by atoms with Gasteiger partial charge in [-0.05, 0) is 23.6 Å². The zero-order valence-electron chi connectivity index (χ0n) is 16.0. The summed E-state index contributed by atoms with van der Waals surface area (Å²) in [5.41, 5.74) is 3.09. The Balaban J connectivity index is 1.87. The Morgan fingerprint density at radius 3 is 2.04 bits per heavy atom. The summed E-state index contributed by atoms with van der Waals surface area (Å²) in [6, 6.07) is 26.4. The van der Waals surface area contributed by atoms with Crippen LogP contribution in [0.25, 0.3) is 0 Å². The van der Waals surface area contributed by atoms with E-state index in [1.165, 1.54) is 4.90 Å². The Hall–Kier alpha value is -3.40. The molecule has 28 heavy (non-hydrogen) atoms. The van der Waals surface area contributed by atoms with Crippen LogP contribution in [-0.4, -0.2) is 30.9 Å². The molecular formula is C24H23NO3. The van der Waals surface area contributed by atoms with Gasteiger partial charge >= 0.3 is 5.97 Å². The summed E-state index contributed by atoms with van der Waals surface area (Å²) in [6.07, 6.45) is -0.363. The van der Waals surface area contributed by atoms with Crippen LogP contribution >= 0.6 is 0 Å². The van der Waals surface area contributed by atoms with Crippen molar-refractivity contribution in [2.24, 2.45) is 0 Å². The number of esters is 1. The molecule has 0 aliphatic carbocycles. The van der Waals surface area contributed by atoms with E-state index in [1.807, 2.05) is 60.7 Å². The lowest BCUT2D eigenvalue weighted by atomic mass is 9.99. The molecule has 0 spiro atoms. The van der Waals surface area contributed by atoms with Crippen LogP contribution in [0.5, 0.6) is 0 Å². The second-order valence-electron chi connectivity index (χ2n) is 6.75. The van der Waals surface area contributed by atoms with Crippen LogP contribution in [0.15, 0.2) is 84.9 Å². The second kappa shape index (κ2) is 9.00. The third-order valence-electron chi connectivity index (χ3n) is 4.47. The topological polar surface area (TPSA) is 46.6 Å². The Morgan fingerprint density at radius 1 is 0.821 bits per heavy atom. The number of hydrogen-bond donors (Lipinski definition) is 0. The summed E-state index contributed by atoms with van der Waals surface area (Å²) in [7, 11) is 3.30. The molecule has 1 amide bonds. The van der Waals surface area contributed by atoms with Gasteiger partial charge in [0.05, 0.1) is 5.56 Å². The predicted molar refractivity (Wildman–Crippen MR) is 109 cm³/mol. The molecule has 0 unspecified atom stereocenters. The van der Waals surface area contributed by atoms with Gasteiger partial charge in [-0.25, -0.2) is 4.79 Å². The van der Waals surface area contributed by atoms with E-state index in [-0.39, 0.29) is 5.91 Å². The SMILES string of the molecule is CN(C)C(=O)[C@@H](OC(=O)c1ccccc1Cc1ccccc1)c1ccccc1. The smallest absolute Gasteiger partial charge is 0.339 e. The first-order valence-corrected chi connectivity index (χ1v) is 9.15. The van der Waals surface area contributed by atoms with Gasteiger partial charge in [-0.3, -0.25) is 4.79 Å². The summed E-state index contributed by atoms with van der Waals surface area (Å²) < 4.78 is 5.69. The van der Waals surface area contributed by atoms with Crippen molar-refractivity contribution in [3.63, 3.8) is 0 Å². The zero-order chi connectivity index (χ0) is 19.9. The quantitative estimate of drug-likeness (QED) is 0.607. The van der Waals surface area contributed by atoms with Crippen LogP contribution < -0.4 is 0 Å². The van der Waals surface area contributed by atoms with E-state index in [2.05, 4.69) is 0 Å². The molecule has 0 aliphatic heterocycles. The molecule has 0 N–H and O–H groups in total. The van der Waals surface area contributed by atoms with Crippen molar-refractivity contribution in [1.82, 2.24) is 4.90 Å². The fraction of sp³-hybridized carbons (Fsp3) is 0.167. The van der Waals surface area contributed by atoms with Crippen LogP contribution in [0, 0.1) is 0 Å². The van der Waals surface area contributed by atoms with Crippen molar-refractivity contribution < 1.29 is 14.3 Å². The second-order valence-corrected chi connectivity index (χ2v) is 6.75. The van der Waals surface area contributed by atoms with Crippen molar-refractivity contribution in [2.45, 2.75) is 12.5 Å². The molecule has 3 rings (SSSR count). The standard InChI is InChI=1S/C24H23NO3/c1-25(2)23(26)22(19-13-7-4-8-14-19)28-24(27)21-16-10-9-15-20(21)17-18-11-5-3-6-12-18/h3-16,22H,17H2,1-2H3/t22-/m0/s1. The summed E-state index contributed by atoms with van der Waals surface area (Å²) in [5.74, 6) is -0.782. The molecule has 0 aliphatic rings. The highest BCUT2D eigenvalue weighted by Gasteiger charge is 2.27. The number of likely N-dealkylation sites (N-methyl/N-ethyl adjacent to an activating group) is 1. The minimum atomic E-state index is -0.978. The van der Waals surface area contributed by atoms with Gasteiger partial charge < -0.3 is 9.64 Å². The molecule has 1 atom stereocenters. The monoisotopic (exact) mass is 373 g/mol. The lowest BCUT2D eigenvalue weighted by molar-refractivity contribution is -0.138. The highest BCUT2D eigenvalue weighted by molar-refractivity contribution is 5.94. The molecule has 0 fully saturated rings. The predicted octanol–water partition coefficient (Wildman–Crippen LogP) is 4.26. The van der Waals surface area contributed by atoms with Crippen molar-refractivity contribution in [3.8, 4) is 0 Å². The van der Waals surface area contributed by atoms with E-state index in [1.54, 1.807) is 38.4 Å². The third-order valence-corrected chi connectivity index (χ3v) is 4.47. The van der Waals surface area contributed by atoms with Gasteiger partial charge in [0.15, 0.2) is 0 Å². The molecular weight excluding hydrogens is 350 g/mol. The molecule has 3 aromatic rings. The summed E-state index contributed by atoms with van der Waals surface area (Å²) in [5, 5.41) is 0. The van der Waals surface area contributed by atoms with E-state index in [0.717, 1.165) is 11.1 Å². The van der Waals surface area contributed by atoms with Gasteiger partial charge in [0, 0.05) is 19.7 Å². The van der Waals surface area contributed by atoms with E-state index in [9.17, 15) is 9.59 Å². The molecule has 0 radical (unpaired) electrons. The highest BCUT2D eigenvalue weighted by atomic mass is 16.5. The third kappa shape index (κ3) is 4.65. The minimum absolute atomic E-state index is 0.278. The number of nitrogens with zero attached hydrogens (tertiary/aromatic N) is 1. The van der Waals surface area contributed by atoms with E-state index in [0.29, 0.717) is 17.5 Å².